The van der Waals surface area contributed by atoms with Gasteiger partial charge in [-0.2, -0.15) is 5.10 Å². The highest BCUT2D eigenvalue weighted by atomic mass is 19.1. The van der Waals surface area contributed by atoms with E-state index >= 15 is 0 Å². The van der Waals surface area contributed by atoms with Gasteiger partial charge in [0.05, 0.1) is 17.8 Å². The summed E-state index contributed by atoms with van der Waals surface area (Å²) >= 11 is 0. The average Bonchev–Trinajstić information content (AvgIpc) is 3.10. The Labute approximate surface area is 144 Å². The van der Waals surface area contributed by atoms with Crippen LogP contribution >= 0.6 is 0 Å². The van der Waals surface area contributed by atoms with Crippen LogP contribution in [0.5, 0.6) is 0 Å². The molecule has 0 saturated carbocycles. The van der Waals surface area contributed by atoms with Crippen LogP contribution in [0, 0.1) is 25.5 Å². The van der Waals surface area contributed by atoms with Crippen LogP contribution in [0.3, 0.4) is 0 Å². The highest BCUT2D eigenvalue weighted by Gasteiger charge is 2.36. The molecule has 2 N–H and O–H groups in total. The number of carbonyl (C=O) groups excluding carboxylic acids is 1. The molecule has 1 aliphatic rings. The summed E-state index contributed by atoms with van der Waals surface area (Å²) in [6.45, 7) is 3.89. The minimum atomic E-state index is -0.742. The summed E-state index contributed by atoms with van der Waals surface area (Å²) in [5.74, 6) is -1.32. The first-order valence-electron chi connectivity index (χ1n) is 8.29. The molecule has 0 spiro atoms. The van der Waals surface area contributed by atoms with Crippen LogP contribution in [0.25, 0.3) is 0 Å². The van der Waals surface area contributed by atoms with Crippen LogP contribution in [0.4, 0.5) is 8.78 Å². The normalized spacial score (nSPS) is 20.3. The Kier molecular flexibility index (Phi) is 4.85. The van der Waals surface area contributed by atoms with Gasteiger partial charge in [0.2, 0.25) is 5.91 Å². The Morgan fingerprint density at radius 2 is 2.16 bits per heavy atom. The molecular weight excluding hydrogens is 328 g/mol. The number of aliphatic hydroxyl groups excluding tert-OH is 1. The molecule has 5 nitrogen and oxygen atoms in total. The molecule has 2 aromatic rings. The first kappa shape index (κ1) is 17.5. The van der Waals surface area contributed by atoms with Crippen molar-refractivity contribution >= 4 is 5.91 Å². The van der Waals surface area contributed by atoms with Gasteiger partial charge in [0.25, 0.3) is 0 Å². The molecule has 3 rings (SSSR count). The third-order valence-electron chi connectivity index (χ3n) is 4.79. The zero-order valence-electron chi connectivity index (χ0n) is 14.2. The summed E-state index contributed by atoms with van der Waals surface area (Å²) in [4.78, 5) is 14.1. The van der Waals surface area contributed by atoms with Crippen molar-refractivity contribution in [1.29, 1.82) is 0 Å². The maximum Gasteiger partial charge on any atom is 0.223 e. The van der Waals surface area contributed by atoms with E-state index in [1.54, 1.807) is 0 Å². The van der Waals surface area contributed by atoms with Crippen LogP contribution in [0.2, 0.25) is 0 Å². The van der Waals surface area contributed by atoms with Crippen molar-refractivity contribution in [2.45, 2.75) is 45.3 Å². The van der Waals surface area contributed by atoms with Crippen LogP contribution in [0.15, 0.2) is 18.2 Å². The minimum Gasteiger partial charge on any atom is -0.391 e. The molecule has 1 aliphatic heterocycles. The number of nitrogens with zero attached hydrogens (tertiary/aromatic N) is 2. The molecule has 0 aliphatic carbocycles. The van der Waals surface area contributed by atoms with Gasteiger partial charge in [-0.3, -0.25) is 9.89 Å². The van der Waals surface area contributed by atoms with Gasteiger partial charge in [-0.1, -0.05) is 0 Å². The SMILES string of the molecule is Cc1n[nH]c(C)c1CCC(=O)N1CC(O)CC1c1cc(F)ccc1F. The van der Waals surface area contributed by atoms with Gasteiger partial charge in [-0.25, -0.2) is 8.78 Å². The Morgan fingerprint density at radius 1 is 1.40 bits per heavy atom. The van der Waals surface area contributed by atoms with Crippen molar-refractivity contribution < 1.29 is 18.7 Å². The van der Waals surface area contributed by atoms with E-state index in [1.165, 1.54) is 4.90 Å². The number of nitrogens with one attached hydrogen (secondary N) is 1. The lowest BCUT2D eigenvalue weighted by molar-refractivity contribution is -0.132. The minimum absolute atomic E-state index is 0.112. The first-order chi connectivity index (χ1) is 11.9. The van der Waals surface area contributed by atoms with Crippen molar-refractivity contribution in [3.8, 4) is 0 Å². The highest BCUT2D eigenvalue weighted by Crippen LogP contribution is 2.34. The molecular formula is C18H21F2N3O2. The smallest absolute Gasteiger partial charge is 0.223 e. The number of amides is 1. The van der Waals surface area contributed by atoms with Gasteiger partial charge in [-0.15, -0.1) is 0 Å². The molecule has 1 fully saturated rings. The second-order valence-corrected chi connectivity index (χ2v) is 6.53. The molecule has 1 saturated heterocycles. The summed E-state index contributed by atoms with van der Waals surface area (Å²) in [5, 5.41) is 16.9. The lowest BCUT2D eigenvalue weighted by atomic mass is 10.0. The summed E-state index contributed by atoms with van der Waals surface area (Å²) < 4.78 is 27.6. The van der Waals surface area contributed by atoms with Crippen LogP contribution < -0.4 is 0 Å². The highest BCUT2D eigenvalue weighted by molar-refractivity contribution is 5.77. The number of aromatic amines is 1. The lowest BCUT2D eigenvalue weighted by Crippen LogP contribution is -2.32. The third-order valence-corrected chi connectivity index (χ3v) is 4.79. The van der Waals surface area contributed by atoms with E-state index in [-0.39, 0.29) is 30.9 Å². The van der Waals surface area contributed by atoms with Crippen LogP contribution in [-0.4, -0.2) is 38.8 Å². The van der Waals surface area contributed by atoms with Crippen LogP contribution in [-0.2, 0) is 11.2 Å². The molecule has 7 heteroatoms. The van der Waals surface area contributed by atoms with Gasteiger partial charge in [0, 0.05) is 24.2 Å². The predicted octanol–water partition coefficient (Wildman–Crippen LogP) is 2.57. The van der Waals surface area contributed by atoms with E-state index < -0.39 is 23.8 Å². The molecule has 2 heterocycles. The molecule has 134 valence electrons. The number of halogens is 2. The number of rotatable bonds is 4. The van der Waals surface area contributed by atoms with Crippen molar-refractivity contribution in [3.63, 3.8) is 0 Å². The summed E-state index contributed by atoms with van der Waals surface area (Å²) in [6, 6.07) is 2.55. The molecule has 0 bridgehead atoms. The monoisotopic (exact) mass is 349 g/mol. The summed E-state index contributed by atoms with van der Waals surface area (Å²) in [5.41, 5.74) is 2.86. The van der Waals surface area contributed by atoms with Gasteiger partial charge in [-0.05, 0) is 50.5 Å². The number of hydrogen-bond acceptors (Lipinski definition) is 3. The fraction of sp³-hybridized carbons (Fsp3) is 0.444. The standard InChI is InChI=1S/C18H21F2N3O2/c1-10-14(11(2)22-21-10)4-6-18(25)23-9-13(24)8-17(23)15-7-12(19)3-5-16(15)20/h3,5,7,13,17,24H,4,6,8-9H2,1-2H3,(H,21,22). The average molecular weight is 349 g/mol. The second kappa shape index (κ2) is 6.92. The van der Waals surface area contributed by atoms with E-state index in [1.807, 2.05) is 13.8 Å². The summed E-state index contributed by atoms with van der Waals surface area (Å²) in [7, 11) is 0. The number of likely N-dealkylation sites (tertiary alicyclic amines) is 1. The molecule has 2 unspecified atom stereocenters. The molecule has 1 amide bonds. The van der Waals surface area contributed by atoms with Crippen molar-refractivity contribution in [2.24, 2.45) is 0 Å². The van der Waals surface area contributed by atoms with E-state index in [0.29, 0.717) is 6.42 Å². The zero-order valence-corrected chi connectivity index (χ0v) is 14.2. The topological polar surface area (TPSA) is 69.2 Å². The molecule has 0 radical (unpaired) electrons. The molecule has 25 heavy (non-hydrogen) atoms. The maximum absolute atomic E-state index is 14.1. The van der Waals surface area contributed by atoms with E-state index in [2.05, 4.69) is 10.2 Å². The number of hydrogen-bond donors (Lipinski definition) is 2. The fourth-order valence-electron chi connectivity index (χ4n) is 3.47. The van der Waals surface area contributed by atoms with E-state index in [4.69, 9.17) is 0 Å². The van der Waals surface area contributed by atoms with E-state index in [9.17, 15) is 18.7 Å². The largest absolute Gasteiger partial charge is 0.391 e. The zero-order chi connectivity index (χ0) is 18.1. The van der Waals surface area contributed by atoms with Crippen molar-refractivity contribution in [2.75, 3.05) is 6.54 Å². The lowest BCUT2D eigenvalue weighted by Gasteiger charge is -2.25. The van der Waals surface area contributed by atoms with Crippen LogP contribution in [0.1, 0.15) is 41.4 Å². The van der Waals surface area contributed by atoms with Gasteiger partial charge in [0.15, 0.2) is 0 Å². The number of benzene rings is 1. The van der Waals surface area contributed by atoms with Gasteiger partial charge >= 0.3 is 0 Å². The molecule has 1 aromatic carbocycles. The number of aromatic nitrogens is 2. The van der Waals surface area contributed by atoms with Gasteiger partial charge in [0.1, 0.15) is 11.6 Å². The van der Waals surface area contributed by atoms with Crippen molar-refractivity contribution in [1.82, 2.24) is 15.1 Å². The first-order valence-corrected chi connectivity index (χ1v) is 8.29. The maximum atomic E-state index is 14.1. The molecule has 1 aromatic heterocycles. The third kappa shape index (κ3) is 3.56. The Morgan fingerprint density at radius 3 is 2.84 bits per heavy atom. The Hall–Kier alpha value is -2.28. The number of β-amino-alcohol motifs (C(OH)–C–C–N with tert-alkyl or cyclic N) is 1. The van der Waals surface area contributed by atoms with Gasteiger partial charge < -0.3 is 10.0 Å². The molecule has 2 atom stereocenters. The second-order valence-electron chi connectivity index (χ2n) is 6.53. The number of H-pyrrole nitrogens is 1. The predicted molar refractivity (Wildman–Crippen MR) is 87.8 cm³/mol. The number of aliphatic hydroxyl groups is 1. The fourth-order valence-corrected chi connectivity index (χ4v) is 3.47. The van der Waals surface area contributed by atoms with E-state index in [0.717, 1.165) is 35.2 Å². The number of aryl methyl sites for hydroxylation is 2. The number of carbonyl (C=O) groups is 1. The summed E-state index contributed by atoms with van der Waals surface area (Å²) in [6.07, 6.45) is 0.198. The Balaban J connectivity index is 1.77. The van der Waals surface area contributed by atoms with Crippen molar-refractivity contribution in [3.05, 3.63) is 52.3 Å². The quantitative estimate of drug-likeness (QED) is 0.891. The Bertz CT molecular complexity index is 771.